The molecular weight excluding hydrogens is 346 g/mol. The number of pyridine rings is 1. The van der Waals surface area contributed by atoms with Crippen molar-refractivity contribution < 1.29 is 4.74 Å². The summed E-state index contributed by atoms with van der Waals surface area (Å²) in [6, 6.07) is 13.5. The van der Waals surface area contributed by atoms with E-state index >= 15 is 0 Å². The van der Waals surface area contributed by atoms with Gasteiger partial charge in [-0.25, -0.2) is 9.97 Å². The molecule has 0 radical (unpaired) electrons. The first-order chi connectivity index (χ1) is 12.7. The molecule has 4 aromatic rings. The van der Waals surface area contributed by atoms with Gasteiger partial charge in [-0.1, -0.05) is 6.07 Å². The third kappa shape index (κ3) is 3.50. The van der Waals surface area contributed by atoms with E-state index in [9.17, 15) is 5.26 Å². The number of anilines is 2. The molecule has 0 spiro atoms. The minimum atomic E-state index is 0.293. The number of nitriles is 1. The van der Waals surface area contributed by atoms with Gasteiger partial charge in [-0.15, -0.1) is 11.3 Å². The highest BCUT2D eigenvalue weighted by Crippen LogP contribution is 2.24. The largest absolute Gasteiger partial charge is 0.486 e. The molecule has 0 atom stereocenters. The van der Waals surface area contributed by atoms with Crippen LogP contribution < -0.4 is 10.1 Å². The topological polar surface area (TPSA) is 86.6 Å². The SMILES string of the molecule is Cc1cnc(COc2cc(C#N)nc(Nc3ccc4cc[nH]c4c3)c2)s1. The number of thiazole rings is 1. The van der Waals surface area contributed by atoms with Crippen LogP contribution in [0.1, 0.15) is 15.6 Å². The first kappa shape index (κ1) is 16.1. The number of rotatable bonds is 5. The summed E-state index contributed by atoms with van der Waals surface area (Å²) in [5.74, 6) is 1.13. The van der Waals surface area contributed by atoms with Crippen molar-refractivity contribution in [2.45, 2.75) is 13.5 Å². The number of ether oxygens (including phenoxy) is 1. The lowest BCUT2D eigenvalue weighted by molar-refractivity contribution is 0.305. The van der Waals surface area contributed by atoms with Crippen LogP contribution in [0, 0.1) is 18.3 Å². The van der Waals surface area contributed by atoms with Crippen LogP contribution in [0.15, 0.2) is 48.8 Å². The summed E-state index contributed by atoms with van der Waals surface area (Å²) >= 11 is 1.59. The van der Waals surface area contributed by atoms with Gasteiger partial charge < -0.3 is 15.0 Å². The summed E-state index contributed by atoms with van der Waals surface area (Å²) in [5, 5.41) is 14.5. The zero-order valence-electron chi connectivity index (χ0n) is 14.0. The molecule has 0 unspecified atom stereocenters. The minimum absolute atomic E-state index is 0.293. The van der Waals surface area contributed by atoms with E-state index in [0.717, 1.165) is 26.5 Å². The van der Waals surface area contributed by atoms with E-state index in [-0.39, 0.29) is 0 Å². The van der Waals surface area contributed by atoms with E-state index in [2.05, 4.69) is 26.3 Å². The van der Waals surface area contributed by atoms with Crippen molar-refractivity contribution >= 4 is 33.7 Å². The number of hydrogen-bond donors (Lipinski definition) is 2. The molecule has 128 valence electrons. The lowest BCUT2D eigenvalue weighted by Gasteiger charge is -2.09. The van der Waals surface area contributed by atoms with Gasteiger partial charge in [-0.3, -0.25) is 0 Å². The number of benzene rings is 1. The lowest BCUT2D eigenvalue weighted by atomic mass is 10.2. The second-order valence-corrected chi connectivity index (χ2v) is 7.06. The third-order valence-corrected chi connectivity index (χ3v) is 4.66. The van der Waals surface area contributed by atoms with Gasteiger partial charge in [0, 0.05) is 40.6 Å². The van der Waals surface area contributed by atoms with Gasteiger partial charge in [0.2, 0.25) is 0 Å². The van der Waals surface area contributed by atoms with Crippen molar-refractivity contribution in [1.29, 1.82) is 5.26 Å². The van der Waals surface area contributed by atoms with Crippen molar-refractivity contribution in [2.75, 3.05) is 5.32 Å². The zero-order chi connectivity index (χ0) is 17.9. The van der Waals surface area contributed by atoms with Crippen molar-refractivity contribution in [3.8, 4) is 11.8 Å². The smallest absolute Gasteiger partial charge is 0.146 e. The Balaban J connectivity index is 1.56. The second-order valence-electron chi connectivity index (χ2n) is 5.74. The van der Waals surface area contributed by atoms with Crippen LogP contribution in [0.2, 0.25) is 0 Å². The number of H-pyrrole nitrogens is 1. The highest BCUT2D eigenvalue weighted by Gasteiger charge is 2.07. The average molecular weight is 361 g/mol. The molecule has 0 bridgehead atoms. The first-order valence-electron chi connectivity index (χ1n) is 8.00. The second kappa shape index (κ2) is 6.86. The Morgan fingerprint density at radius 3 is 3.00 bits per heavy atom. The monoisotopic (exact) mass is 361 g/mol. The lowest BCUT2D eigenvalue weighted by Crippen LogP contribution is -1.99. The van der Waals surface area contributed by atoms with Crippen LogP contribution in [-0.4, -0.2) is 15.0 Å². The van der Waals surface area contributed by atoms with Crippen LogP contribution in [0.4, 0.5) is 11.5 Å². The molecule has 3 heterocycles. The molecule has 26 heavy (non-hydrogen) atoms. The van der Waals surface area contributed by atoms with Crippen LogP contribution in [0.25, 0.3) is 10.9 Å². The predicted octanol–water partition coefficient (Wildman–Crippen LogP) is 4.52. The van der Waals surface area contributed by atoms with E-state index < -0.39 is 0 Å². The average Bonchev–Trinajstić information content (AvgIpc) is 3.28. The summed E-state index contributed by atoms with van der Waals surface area (Å²) in [5.41, 5.74) is 2.20. The molecule has 0 aliphatic carbocycles. The molecule has 0 saturated heterocycles. The zero-order valence-corrected chi connectivity index (χ0v) is 14.8. The first-order valence-corrected chi connectivity index (χ1v) is 8.82. The third-order valence-electron chi connectivity index (χ3n) is 3.77. The predicted molar refractivity (Wildman–Crippen MR) is 102 cm³/mol. The van der Waals surface area contributed by atoms with Gasteiger partial charge >= 0.3 is 0 Å². The molecule has 1 aromatic carbocycles. The fraction of sp³-hybridized carbons (Fsp3) is 0.105. The maximum absolute atomic E-state index is 9.24. The summed E-state index contributed by atoms with van der Waals surface area (Å²) < 4.78 is 5.79. The molecule has 7 heteroatoms. The van der Waals surface area contributed by atoms with Crippen molar-refractivity contribution in [3.05, 3.63) is 64.4 Å². The Morgan fingerprint density at radius 2 is 2.19 bits per heavy atom. The molecular formula is C19H15N5OS. The van der Waals surface area contributed by atoms with Crippen LogP contribution >= 0.6 is 11.3 Å². The number of nitrogens with zero attached hydrogens (tertiary/aromatic N) is 3. The maximum Gasteiger partial charge on any atom is 0.146 e. The Bertz CT molecular complexity index is 1110. The summed E-state index contributed by atoms with van der Waals surface area (Å²) in [4.78, 5) is 12.9. The fourth-order valence-electron chi connectivity index (χ4n) is 2.60. The van der Waals surface area contributed by atoms with Crippen LogP contribution in [0.5, 0.6) is 5.75 Å². The summed E-state index contributed by atoms with van der Waals surface area (Å²) in [7, 11) is 0. The van der Waals surface area contributed by atoms with Gasteiger partial charge in [0.15, 0.2) is 0 Å². The molecule has 0 aliphatic heterocycles. The molecule has 0 amide bonds. The van der Waals surface area contributed by atoms with E-state index in [1.54, 1.807) is 23.5 Å². The quantitative estimate of drug-likeness (QED) is 0.546. The number of nitrogens with one attached hydrogen (secondary N) is 2. The van der Waals surface area contributed by atoms with Gasteiger partial charge in [0.1, 0.15) is 34.9 Å². The van der Waals surface area contributed by atoms with E-state index in [1.165, 1.54) is 0 Å². The minimum Gasteiger partial charge on any atom is -0.486 e. The number of hydrogen-bond acceptors (Lipinski definition) is 6. The molecule has 0 saturated carbocycles. The Morgan fingerprint density at radius 1 is 1.27 bits per heavy atom. The highest BCUT2D eigenvalue weighted by atomic mass is 32.1. The van der Waals surface area contributed by atoms with E-state index in [1.807, 2.05) is 43.6 Å². The van der Waals surface area contributed by atoms with Crippen LogP contribution in [0.3, 0.4) is 0 Å². The normalized spacial score (nSPS) is 10.6. The fourth-order valence-corrected chi connectivity index (χ4v) is 3.30. The Labute approximate surface area is 154 Å². The van der Waals surface area contributed by atoms with Crippen molar-refractivity contribution in [2.24, 2.45) is 0 Å². The summed E-state index contributed by atoms with van der Waals surface area (Å²) in [6.07, 6.45) is 3.72. The number of aromatic amines is 1. The van der Waals surface area contributed by atoms with Crippen molar-refractivity contribution in [3.63, 3.8) is 0 Å². The Kier molecular flexibility index (Phi) is 4.25. The molecule has 0 fully saturated rings. The number of aryl methyl sites for hydroxylation is 1. The Hall–Kier alpha value is -3.37. The van der Waals surface area contributed by atoms with E-state index in [0.29, 0.717) is 23.9 Å². The van der Waals surface area contributed by atoms with Gasteiger partial charge in [0.25, 0.3) is 0 Å². The molecule has 3 aromatic heterocycles. The van der Waals surface area contributed by atoms with Gasteiger partial charge in [-0.2, -0.15) is 5.26 Å². The number of aromatic nitrogens is 3. The molecule has 2 N–H and O–H groups in total. The number of fused-ring (bicyclic) bond motifs is 1. The maximum atomic E-state index is 9.24. The van der Waals surface area contributed by atoms with Gasteiger partial charge in [-0.05, 0) is 30.5 Å². The highest BCUT2D eigenvalue weighted by molar-refractivity contribution is 7.11. The van der Waals surface area contributed by atoms with Crippen molar-refractivity contribution in [1.82, 2.24) is 15.0 Å². The van der Waals surface area contributed by atoms with E-state index in [4.69, 9.17) is 4.74 Å². The summed E-state index contributed by atoms with van der Waals surface area (Å²) in [6.45, 7) is 2.37. The van der Waals surface area contributed by atoms with Crippen LogP contribution in [-0.2, 0) is 6.61 Å². The molecule has 4 rings (SSSR count). The standard InChI is InChI=1S/C19H15N5OS/c1-12-10-22-19(26-12)11-25-16-6-15(9-20)24-18(8-16)23-14-3-2-13-4-5-21-17(13)7-14/h2-8,10,21H,11H2,1H3,(H,23,24). The van der Waals surface area contributed by atoms with Gasteiger partial charge in [0.05, 0.1) is 0 Å². The molecule has 6 nitrogen and oxygen atoms in total. The molecule has 0 aliphatic rings.